The van der Waals surface area contributed by atoms with Gasteiger partial charge in [0.15, 0.2) is 11.5 Å². The van der Waals surface area contributed by atoms with Crippen molar-refractivity contribution < 1.29 is 14.3 Å². The van der Waals surface area contributed by atoms with Crippen LogP contribution in [-0.4, -0.2) is 26.7 Å². The summed E-state index contributed by atoms with van der Waals surface area (Å²) >= 11 is 0. The van der Waals surface area contributed by atoms with E-state index in [0.717, 1.165) is 30.9 Å². The summed E-state index contributed by atoms with van der Waals surface area (Å²) < 4.78 is 10.6. The third-order valence-corrected chi connectivity index (χ3v) is 3.71. The first kappa shape index (κ1) is 22.3. The molecule has 0 spiro atoms. The third kappa shape index (κ3) is 8.23. The number of methoxy groups -OCH3 is 2. The normalized spacial score (nSPS) is 11.3. The van der Waals surface area contributed by atoms with E-state index in [9.17, 15) is 4.79 Å². The van der Waals surface area contributed by atoms with Crippen LogP contribution < -0.4 is 14.8 Å². The number of amides is 1. The van der Waals surface area contributed by atoms with Gasteiger partial charge in [-0.1, -0.05) is 40.7 Å². The summed E-state index contributed by atoms with van der Waals surface area (Å²) in [6, 6.07) is 6.04. The molecule has 0 bridgehead atoms. The van der Waals surface area contributed by atoms with Gasteiger partial charge in [0, 0.05) is 13.0 Å². The van der Waals surface area contributed by atoms with Gasteiger partial charge in [-0.05, 0) is 42.4 Å². The van der Waals surface area contributed by atoms with Crippen LogP contribution in [0, 0.1) is 5.92 Å². The topological polar surface area (TPSA) is 47.6 Å². The molecule has 4 nitrogen and oxygen atoms in total. The number of ether oxygens (including phenoxy) is 2. The van der Waals surface area contributed by atoms with E-state index in [4.69, 9.17) is 9.47 Å². The maximum atomic E-state index is 11.6. The van der Waals surface area contributed by atoms with Crippen molar-refractivity contribution in [3.05, 3.63) is 23.8 Å². The molecule has 0 radical (unpaired) electrons. The Bertz CT molecular complexity index is 472. The van der Waals surface area contributed by atoms with Crippen LogP contribution in [0.1, 0.15) is 65.4 Å². The lowest BCUT2D eigenvalue weighted by molar-refractivity contribution is -0.121. The number of rotatable bonds is 9. The molecule has 1 amide bonds. The highest BCUT2D eigenvalue weighted by atomic mass is 16.5. The van der Waals surface area contributed by atoms with Crippen LogP contribution in [0.25, 0.3) is 0 Å². The molecule has 0 saturated heterocycles. The monoisotopic (exact) mass is 337 g/mol. The van der Waals surface area contributed by atoms with Crippen molar-refractivity contribution in [2.45, 2.75) is 59.8 Å². The minimum absolute atomic E-state index is 0.147. The smallest absolute Gasteiger partial charge is 0.220 e. The standard InChI is InChI=1S/C18H29NO3.C2H6/c1-13(2)11-18(20)19-10-6-7-14(3)15-8-9-16(21-4)17(12-15)22-5;1-2/h8-9,12-14H,6-7,10-11H2,1-5H3,(H,19,20);1-2H3/t14-;/m1./s1. The summed E-state index contributed by atoms with van der Waals surface area (Å²) in [5.41, 5.74) is 1.23. The van der Waals surface area contributed by atoms with E-state index in [1.54, 1.807) is 14.2 Å². The lowest BCUT2D eigenvalue weighted by atomic mass is 9.96. The van der Waals surface area contributed by atoms with Crippen molar-refractivity contribution in [2.75, 3.05) is 20.8 Å². The molecular weight excluding hydrogens is 302 g/mol. The fourth-order valence-electron chi connectivity index (χ4n) is 2.41. The minimum Gasteiger partial charge on any atom is -0.493 e. The average molecular weight is 338 g/mol. The van der Waals surface area contributed by atoms with E-state index >= 15 is 0 Å². The molecule has 0 heterocycles. The molecule has 138 valence electrons. The highest BCUT2D eigenvalue weighted by molar-refractivity contribution is 5.75. The second-order valence-corrected chi connectivity index (χ2v) is 6.11. The highest BCUT2D eigenvalue weighted by Gasteiger charge is 2.10. The molecular formula is C20H35NO3. The number of carbonyl (C=O) groups excluding carboxylic acids is 1. The van der Waals surface area contributed by atoms with Gasteiger partial charge in [0.25, 0.3) is 0 Å². The fourth-order valence-corrected chi connectivity index (χ4v) is 2.41. The molecule has 0 aliphatic heterocycles. The van der Waals surface area contributed by atoms with Crippen molar-refractivity contribution in [3.63, 3.8) is 0 Å². The number of carbonyl (C=O) groups is 1. The molecule has 1 atom stereocenters. The van der Waals surface area contributed by atoms with Crippen LogP contribution in [0.4, 0.5) is 0 Å². The van der Waals surface area contributed by atoms with Gasteiger partial charge in [-0.15, -0.1) is 0 Å². The summed E-state index contributed by atoms with van der Waals surface area (Å²) in [6.07, 6.45) is 2.60. The number of hydrogen-bond donors (Lipinski definition) is 1. The Morgan fingerprint density at radius 2 is 1.71 bits per heavy atom. The van der Waals surface area contributed by atoms with Gasteiger partial charge in [0.05, 0.1) is 14.2 Å². The van der Waals surface area contributed by atoms with Crippen molar-refractivity contribution in [3.8, 4) is 11.5 Å². The predicted octanol–water partition coefficient (Wildman–Crippen LogP) is 4.78. The highest BCUT2D eigenvalue weighted by Crippen LogP contribution is 2.31. The van der Waals surface area contributed by atoms with E-state index in [1.165, 1.54) is 5.56 Å². The molecule has 0 saturated carbocycles. The van der Waals surface area contributed by atoms with Crippen molar-refractivity contribution in [1.29, 1.82) is 0 Å². The summed E-state index contributed by atoms with van der Waals surface area (Å²) in [5.74, 6) is 2.48. The summed E-state index contributed by atoms with van der Waals surface area (Å²) in [7, 11) is 3.29. The predicted molar refractivity (Wildman–Crippen MR) is 101 cm³/mol. The van der Waals surface area contributed by atoms with Crippen molar-refractivity contribution in [1.82, 2.24) is 5.32 Å². The maximum absolute atomic E-state index is 11.6. The van der Waals surface area contributed by atoms with Gasteiger partial charge in [-0.2, -0.15) is 0 Å². The zero-order valence-electron chi connectivity index (χ0n) is 16.4. The van der Waals surface area contributed by atoms with Crippen molar-refractivity contribution in [2.24, 2.45) is 5.92 Å². The second-order valence-electron chi connectivity index (χ2n) is 6.11. The fraction of sp³-hybridized carbons (Fsp3) is 0.650. The lowest BCUT2D eigenvalue weighted by Gasteiger charge is -2.15. The Hall–Kier alpha value is -1.71. The van der Waals surface area contributed by atoms with Crippen molar-refractivity contribution >= 4 is 5.91 Å². The Balaban J connectivity index is 0.00000254. The molecule has 0 aromatic heterocycles. The van der Waals surface area contributed by atoms with E-state index < -0.39 is 0 Å². The van der Waals surface area contributed by atoms with Gasteiger partial charge in [-0.3, -0.25) is 4.79 Å². The summed E-state index contributed by atoms with van der Waals surface area (Å²) in [6.45, 7) is 11.0. The number of nitrogens with one attached hydrogen (secondary N) is 1. The number of benzene rings is 1. The molecule has 0 aliphatic carbocycles. The quantitative estimate of drug-likeness (QED) is 0.660. The molecule has 1 rings (SSSR count). The molecule has 0 unspecified atom stereocenters. The van der Waals surface area contributed by atoms with Crippen LogP contribution in [0.2, 0.25) is 0 Å². The Kier molecular flexibility index (Phi) is 11.8. The minimum atomic E-state index is 0.147. The molecule has 0 fully saturated rings. The molecule has 1 aromatic rings. The zero-order chi connectivity index (χ0) is 18.5. The molecule has 1 N–H and O–H groups in total. The van der Waals surface area contributed by atoms with E-state index in [0.29, 0.717) is 18.3 Å². The van der Waals surface area contributed by atoms with Gasteiger partial charge in [0.2, 0.25) is 5.91 Å². The molecule has 1 aromatic carbocycles. The summed E-state index contributed by atoms with van der Waals surface area (Å²) in [5, 5.41) is 2.98. The van der Waals surface area contributed by atoms with Crippen LogP contribution in [-0.2, 0) is 4.79 Å². The van der Waals surface area contributed by atoms with Gasteiger partial charge in [-0.25, -0.2) is 0 Å². The summed E-state index contributed by atoms with van der Waals surface area (Å²) in [4.78, 5) is 11.6. The Labute approximate surface area is 147 Å². The van der Waals surface area contributed by atoms with E-state index in [2.05, 4.69) is 32.2 Å². The SMILES string of the molecule is CC.COc1ccc([C@H](C)CCCNC(=O)CC(C)C)cc1OC. The second kappa shape index (κ2) is 12.7. The molecule has 4 heteroatoms. The van der Waals surface area contributed by atoms with Crippen LogP contribution in [0.5, 0.6) is 11.5 Å². The van der Waals surface area contributed by atoms with Gasteiger partial charge >= 0.3 is 0 Å². The van der Waals surface area contributed by atoms with E-state index in [-0.39, 0.29) is 5.91 Å². The Morgan fingerprint density at radius 3 is 2.25 bits per heavy atom. The number of hydrogen-bond acceptors (Lipinski definition) is 3. The first-order valence-electron chi connectivity index (χ1n) is 8.96. The largest absolute Gasteiger partial charge is 0.493 e. The zero-order valence-corrected chi connectivity index (χ0v) is 16.4. The van der Waals surface area contributed by atoms with E-state index in [1.807, 2.05) is 26.0 Å². The molecule has 24 heavy (non-hydrogen) atoms. The third-order valence-electron chi connectivity index (χ3n) is 3.71. The first-order valence-corrected chi connectivity index (χ1v) is 8.96. The van der Waals surface area contributed by atoms with Gasteiger partial charge in [0.1, 0.15) is 0 Å². The van der Waals surface area contributed by atoms with Gasteiger partial charge < -0.3 is 14.8 Å². The van der Waals surface area contributed by atoms with Crippen LogP contribution in [0.15, 0.2) is 18.2 Å². The van der Waals surface area contributed by atoms with Crippen LogP contribution in [0.3, 0.4) is 0 Å². The average Bonchev–Trinajstić information content (AvgIpc) is 2.59. The van der Waals surface area contributed by atoms with Crippen LogP contribution >= 0.6 is 0 Å². The lowest BCUT2D eigenvalue weighted by Crippen LogP contribution is -2.25. The molecule has 0 aliphatic rings. The Morgan fingerprint density at radius 1 is 1.08 bits per heavy atom. The maximum Gasteiger partial charge on any atom is 0.220 e. The first-order chi connectivity index (χ1) is 11.5.